The molecule has 8 nitrogen and oxygen atoms in total. The van der Waals surface area contributed by atoms with Crippen molar-refractivity contribution in [3.63, 3.8) is 0 Å². The summed E-state index contributed by atoms with van der Waals surface area (Å²) in [5.41, 5.74) is 2.57. The highest BCUT2D eigenvalue weighted by Crippen LogP contribution is 2.27. The van der Waals surface area contributed by atoms with Gasteiger partial charge in [-0.25, -0.2) is 4.79 Å². The van der Waals surface area contributed by atoms with Crippen molar-refractivity contribution in [1.29, 1.82) is 0 Å². The number of hydrogen-bond acceptors (Lipinski definition) is 4. The van der Waals surface area contributed by atoms with Crippen molar-refractivity contribution < 1.29 is 14.3 Å². The van der Waals surface area contributed by atoms with Gasteiger partial charge in [0.1, 0.15) is 11.4 Å². The summed E-state index contributed by atoms with van der Waals surface area (Å²) in [5, 5.41) is 7.73. The van der Waals surface area contributed by atoms with Crippen LogP contribution in [0.1, 0.15) is 46.9 Å². The van der Waals surface area contributed by atoms with Crippen LogP contribution in [0, 0.1) is 0 Å². The van der Waals surface area contributed by atoms with Gasteiger partial charge >= 0.3 is 6.03 Å². The third-order valence-corrected chi connectivity index (χ3v) is 5.93. The third-order valence-electron chi connectivity index (χ3n) is 5.93. The molecular weight excluding hydrogens is 382 g/mol. The fraction of sp³-hybridized carbons (Fsp3) is 0.500. The first-order valence-corrected chi connectivity index (χ1v) is 10.5. The molecule has 0 radical (unpaired) electrons. The normalized spacial score (nSPS) is 19.3. The highest BCUT2D eigenvalue weighted by atomic mass is 16.5. The summed E-state index contributed by atoms with van der Waals surface area (Å²) >= 11 is 0. The molecule has 2 aliphatic rings. The van der Waals surface area contributed by atoms with E-state index in [-0.39, 0.29) is 17.9 Å². The minimum atomic E-state index is -0.0703. The number of piperidine rings is 1. The number of likely N-dealkylation sites (tertiary alicyclic amines) is 1. The second-order valence-electron chi connectivity index (χ2n) is 8.05. The highest BCUT2D eigenvalue weighted by Gasteiger charge is 2.29. The number of ether oxygens (including phenoxy) is 1. The van der Waals surface area contributed by atoms with E-state index in [1.165, 1.54) is 0 Å². The minimum absolute atomic E-state index is 0.0231. The Hall–Kier alpha value is -3.03. The average Bonchev–Trinajstić information content (AvgIpc) is 3.16. The molecule has 0 aliphatic carbocycles. The fourth-order valence-corrected chi connectivity index (χ4v) is 4.21. The molecule has 1 aromatic heterocycles. The van der Waals surface area contributed by atoms with Crippen molar-refractivity contribution in [3.8, 4) is 5.75 Å². The van der Waals surface area contributed by atoms with Gasteiger partial charge in [-0.3, -0.25) is 9.48 Å². The van der Waals surface area contributed by atoms with Gasteiger partial charge in [-0.05, 0) is 43.0 Å². The van der Waals surface area contributed by atoms with Crippen LogP contribution in [0.25, 0.3) is 0 Å². The second kappa shape index (κ2) is 8.77. The number of carbonyl (C=O) groups excluding carboxylic acids is 2. The minimum Gasteiger partial charge on any atom is -0.497 e. The van der Waals surface area contributed by atoms with E-state index in [9.17, 15) is 9.59 Å². The molecule has 0 saturated carbocycles. The van der Waals surface area contributed by atoms with Crippen molar-refractivity contribution in [2.45, 2.75) is 38.3 Å². The van der Waals surface area contributed by atoms with Gasteiger partial charge in [0, 0.05) is 45.7 Å². The highest BCUT2D eigenvalue weighted by molar-refractivity contribution is 5.92. The molecule has 30 heavy (non-hydrogen) atoms. The second-order valence-corrected chi connectivity index (χ2v) is 8.05. The Morgan fingerprint density at radius 2 is 2.10 bits per heavy atom. The quantitative estimate of drug-likeness (QED) is 0.838. The number of nitrogens with one attached hydrogen (secondary N) is 1. The first kappa shape index (κ1) is 20.3. The lowest BCUT2D eigenvalue weighted by atomic mass is 9.95. The number of rotatable bonds is 4. The van der Waals surface area contributed by atoms with Gasteiger partial charge in [0.2, 0.25) is 0 Å². The number of amides is 3. The van der Waals surface area contributed by atoms with Gasteiger partial charge in [-0.15, -0.1) is 0 Å². The predicted octanol–water partition coefficient (Wildman–Crippen LogP) is 2.46. The Kier molecular flexibility index (Phi) is 5.92. The Labute approximate surface area is 176 Å². The third kappa shape index (κ3) is 4.27. The number of aryl methyl sites for hydroxylation is 1. The predicted molar refractivity (Wildman–Crippen MR) is 113 cm³/mol. The number of carbonyl (C=O) groups is 2. The fourth-order valence-electron chi connectivity index (χ4n) is 4.21. The van der Waals surface area contributed by atoms with E-state index in [1.807, 2.05) is 47.0 Å². The van der Waals surface area contributed by atoms with Crippen LogP contribution < -0.4 is 10.1 Å². The van der Waals surface area contributed by atoms with E-state index in [2.05, 4.69) is 5.32 Å². The molecule has 4 rings (SSSR count). The maximum atomic E-state index is 12.7. The Balaban J connectivity index is 1.39. The molecule has 0 spiro atoms. The van der Waals surface area contributed by atoms with Crippen LogP contribution in [0.5, 0.6) is 5.75 Å². The number of methoxy groups -OCH3 is 1. The molecule has 0 bridgehead atoms. The zero-order valence-electron chi connectivity index (χ0n) is 17.6. The lowest BCUT2D eigenvalue weighted by Crippen LogP contribution is -2.44. The first-order chi connectivity index (χ1) is 14.5. The summed E-state index contributed by atoms with van der Waals surface area (Å²) in [6.45, 7) is 3.31. The van der Waals surface area contributed by atoms with Gasteiger partial charge in [0.05, 0.1) is 12.8 Å². The van der Waals surface area contributed by atoms with Crippen LogP contribution in [0.4, 0.5) is 4.79 Å². The zero-order valence-corrected chi connectivity index (χ0v) is 17.6. The molecule has 2 aromatic rings. The molecule has 3 amide bonds. The van der Waals surface area contributed by atoms with Gasteiger partial charge in [0.15, 0.2) is 0 Å². The monoisotopic (exact) mass is 411 g/mol. The molecule has 160 valence electrons. The standard InChI is InChI=1S/C22H29N5O3/c1-25-9-5-11-27-20(21(25)28)13-19(24-27)17-7-4-10-26(15-17)22(29)23-14-16-6-3-8-18(12-16)30-2/h3,6,8,12-13,17H,4-5,7,9-11,14-15H2,1-2H3,(H,23,29). The SMILES string of the molecule is COc1cccc(CNC(=O)N2CCCC(c3cc4n(n3)CCCN(C)C4=O)C2)c1. The molecule has 1 saturated heterocycles. The number of hydrogen-bond donors (Lipinski definition) is 1. The molecule has 1 unspecified atom stereocenters. The lowest BCUT2D eigenvalue weighted by molar-refractivity contribution is 0.0796. The molecule has 2 aliphatic heterocycles. The molecule has 1 aromatic carbocycles. The van der Waals surface area contributed by atoms with Gasteiger partial charge in [0.25, 0.3) is 5.91 Å². The van der Waals surface area contributed by atoms with E-state index >= 15 is 0 Å². The first-order valence-electron chi connectivity index (χ1n) is 10.5. The van der Waals surface area contributed by atoms with E-state index in [0.717, 1.165) is 55.9 Å². The molecule has 3 heterocycles. The van der Waals surface area contributed by atoms with Gasteiger partial charge in [-0.1, -0.05) is 12.1 Å². The largest absolute Gasteiger partial charge is 0.497 e. The summed E-state index contributed by atoms with van der Waals surface area (Å²) < 4.78 is 7.07. The number of fused-ring (bicyclic) bond motifs is 1. The topological polar surface area (TPSA) is 79.7 Å². The van der Waals surface area contributed by atoms with E-state index in [1.54, 1.807) is 12.0 Å². The number of aromatic nitrogens is 2. The van der Waals surface area contributed by atoms with Crippen LogP contribution in [-0.4, -0.2) is 65.3 Å². The average molecular weight is 412 g/mol. The number of benzene rings is 1. The summed E-state index contributed by atoms with van der Waals surface area (Å²) in [7, 11) is 3.46. The zero-order chi connectivity index (χ0) is 21.1. The van der Waals surface area contributed by atoms with Crippen LogP contribution >= 0.6 is 0 Å². The van der Waals surface area contributed by atoms with Crippen molar-refractivity contribution in [1.82, 2.24) is 24.9 Å². The Bertz CT molecular complexity index is 925. The van der Waals surface area contributed by atoms with Crippen LogP contribution in [0.15, 0.2) is 30.3 Å². The van der Waals surface area contributed by atoms with Crippen molar-refractivity contribution >= 4 is 11.9 Å². The van der Waals surface area contributed by atoms with Gasteiger partial charge < -0.3 is 19.9 Å². The van der Waals surface area contributed by atoms with Crippen LogP contribution in [0.3, 0.4) is 0 Å². The van der Waals surface area contributed by atoms with E-state index < -0.39 is 0 Å². The maximum Gasteiger partial charge on any atom is 0.317 e. The maximum absolute atomic E-state index is 12.7. The molecular formula is C22H29N5O3. The van der Waals surface area contributed by atoms with Crippen molar-refractivity contribution in [2.24, 2.45) is 0 Å². The number of urea groups is 1. The number of nitrogens with zero attached hydrogens (tertiary/aromatic N) is 4. The summed E-state index contributed by atoms with van der Waals surface area (Å²) in [6.07, 6.45) is 2.80. The summed E-state index contributed by atoms with van der Waals surface area (Å²) in [4.78, 5) is 28.9. The lowest BCUT2D eigenvalue weighted by Gasteiger charge is -2.32. The van der Waals surface area contributed by atoms with Gasteiger partial charge in [-0.2, -0.15) is 5.10 Å². The van der Waals surface area contributed by atoms with Crippen LogP contribution in [0.2, 0.25) is 0 Å². The smallest absolute Gasteiger partial charge is 0.317 e. The molecule has 1 fully saturated rings. The van der Waals surface area contributed by atoms with Crippen molar-refractivity contribution in [3.05, 3.63) is 47.3 Å². The van der Waals surface area contributed by atoms with E-state index in [4.69, 9.17) is 9.84 Å². The Morgan fingerprint density at radius 3 is 2.93 bits per heavy atom. The van der Waals surface area contributed by atoms with Crippen LogP contribution in [-0.2, 0) is 13.1 Å². The molecule has 1 atom stereocenters. The molecule has 1 N–H and O–H groups in total. The summed E-state index contributed by atoms with van der Waals surface area (Å²) in [6, 6.07) is 9.54. The van der Waals surface area contributed by atoms with Crippen molar-refractivity contribution in [2.75, 3.05) is 33.8 Å². The Morgan fingerprint density at radius 1 is 1.23 bits per heavy atom. The summed E-state index contributed by atoms with van der Waals surface area (Å²) in [5.74, 6) is 0.952. The molecule has 8 heteroatoms. The van der Waals surface area contributed by atoms with E-state index in [0.29, 0.717) is 18.8 Å².